The molecule has 0 spiro atoms. The number of amides is 1. The zero-order valence-corrected chi connectivity index (χ0v) is 15.6. The van der Waals surface area contributed by atoms with Crippen molar-refractivity contribution < 1.29 is 14.3 Å². The van der Waals surface area contributed by atoms with Gasteiger partial charge in [-0.15, -0.1) is 11.3 Å². The van der Waals surface area contributed by atoms with E-state index in [1.807, 2.05) is 36.4 Å². The van der Waals surface area contributed by atoms with Gasteiger partial charge in [0.05, 0.1) is 27.2 Å². The van der Waals surface area contributed by atoms with Crippen molar-refractivity contribution in [2.45, 2.75) is 13.0 Å². The fraction of sp³-hybridized carbons (Fsp3) is 0.190. The highest BCUT2D eigenvalue weighted by molar-refractivity contribution is 7.15. The van der Waals surface area contributed by atoms with Crippen LogP contribution < -0.4 is 14.8 Å². The molecule has 3 rings (SSSR count). The topological polar surface area (TPSA) is 47.6 Å². The molecule has 5 heteroatoms. The van der Waals surface area contributed by atoms with Crippen LogP contribution >= 0.6 is 11.3 Å². The van der Waals surface area contributed by atoms with Crippen LogP contribution in [0.1, 0.15) is 10.4 Å². The van der Waals surface area contributed by atoms with Gasteiger partial charge in [0, 0.05) is 9.75 Å². The molecule has 0 aliphatic heterocycles. The standard InChI is InChI=1S/C21H21NO3S/c1-24-18-10-8-15(12-19(18)25-2)13-21(23)22-14-17-9-11-20(26-17)16-6-4-3-5-7-16/h3-12H,13-14H2,1-2H3,(H,22,23). The Morgan fingerprint density at radius 2 is 1.73 bits per heavy atom. The predicted octanol–water partition coefficient (Wildman–Crippen LogP) is 4.29. The van der Waals surface area contributed by atoms with Gasteiger partial charge in [0.1, 0.15) is 0 Å². The summed E-state index contributed by atoms with van der Waals surface area (Å²) in [5, 5.41) is 2.98. The molecule has 1 aromatic heterocycles. The third-order valence-corrected chi connectivity index (χ3v) is 5.13. The quantitative estimate of drug-likeness (QED) is 0.678. The highest BCUT2D eigenvalue weighted by Gasteiger charge is 2.09. The minimum absolute atomic E-state index is 0.0214. The lowest BCUT2D eigenvalue weighted by atomic mass is 10.1. The monoisotopic (exact) mass is 367 g/mol. The van der Waals surface area contributed by atoms with Gasteiger partial charge >= 0.3 is 0 Å². The molecular weight excluding hydrogens is 346 g/mol. The molecule has 0 unspecified atom stereocenters. The molecule has 1 amide bonds. The number of ether oxygens (including phenoxy) is 2. The molecule has 0 saturated heterocycles. The van der Waals surface area contributed by atoms with E-state index < -0.39 is 0 Å². The summed E-state index contributed by atoms with van der Waals surface area (Å²) in [4.78, 5) is 14.6. The molecule has 0 radical (unpaired) electrons. The second kappa shape index (κ2) is 8.54. The fourth-order valence-electron chi connectivity index (χ4n) is 2.65. The summed E-state index contributed by atoms with van der Waals surface area (Å²) in [7, 11) is 3.18. The lowest BCUT2D eigenvalue weighted by Crippen LogP contribution is -2.24. The Bertz CT molecular complexity index is 874. The number of rotatable bonds is 7. The molecule has 0 bridgehead atoms. The van der Waals surface area contributed by atoms with Gasteiger partial charge in [-0.2, -0.15) is 0 Å². The molecule has 0 aliphatic carbocycles. The van der Waals surface area contributed by atoms with Crippen LogP contribution in [0.15, 0.2) is 60.7 Å². The fourth-order valence-corrected chi connectivity index (χ4v) is 3.61. The number of carbonyl (C=O) groups excluding carboxylic acids is 1. The molecule has 0 fully saturated rings. The first-order chi connectivity index (χ1) is 12.7. The van der Waals surface area contributed by atoms with Crippen LogP contribution in [0.4, 0.5) is 0 Å². The number of thiophene rings is 1. The van der Waals surface area contributed by atoms with Crippen molar-refractivity contribution in [2.75, 3.05) is 14.2 Å². The van der Waals surface area contributed by atoms with Gasteiger partial charge in [0.2, 0.25) is 5.91 Å². The molecule has 134 valence electrons. The molecule has 3 aromatic rings. The summed E-state index contributed by atoms with van der Waals surface area (Å²) in [6.07, 6.45) is 0.303. The zero-order chi connectivity index (χ0) is 18.4. The van der Waals surface area contributed by atoms with Crippen molar-refractivity contribution in [1.29, 1.82) is 0 Å². The average Bonchev–Trinajstić information content (AvgIpc) is 3.16. The normalized spacial score (nSPS) is 10.4. The number of benzene rings is 2. The van der Waals surface area contributed by atoms with E-state index in [0.29, 0.717) is 24.5 Å². The first-order valence-corrected chi connectivity index (χ1v) is 9.13. The lowest BCUT2D eigenvalue weighted by Gasteiger charge is -2.09. The summed E-state index contributed by atoms with van der Waals surface area (Å²) in [6.45, 7) is 0.531. The van der Waals surface area contributed by atoms with Gasteiger partial charge in [-0.25, -0.2) is 0 Å². The van der Waals surface area contributed by atoms with Crippen molar-refractivity contribution in [3.63, 3.8) is 0 Å². The number of methoxy groups -OCH3 is 2. The minimum atomic E-state index is -0.0214. The maximum Gasteiger partial charge on any atom is 0.224 e. The lowest BCUT2D eigenvalue weighted by molar-refractivity contribution is -0.120. The van der Waals surface area contributed by atoms with Crippen molar-refractivity contribution in [3.05, 3.63) is 71.1 Å². The third kappa shape index (κ3) is 4.43. The van der Waals surface area contributed by atoms with Gasteiger partial charge in [-0.05, 0) is 35.4 Å². The molecule has 1 heterocycles. The summed E-state index contributed by atoms with van der Waals surface area (Å²) in [5.41, 5.74) is 2.08. The van der Waals surface area contributed by atoms with E-state index in [-0.39, 0.29) is 5.91 Å². The average molecular weight is 367 g/mol. The van der Waals surface area contributed by atoms with E-state index in [1.165, 1.54) is 10.4 Å². The number of hydrogen-bond acceptors (Lipinski definition) is 4. The van der Waals surface area contributed by atoms with E-state index in [2.05, 4.69) is 29.6 Å². The van der Waals surface area contributed by atoms with Crippen LogP contribution in [0.5, 0.6) is 11.5 Å². The van der Waals surface area contributed by atoms with E-state index in [1.54, 1.807) is 25.6 Å². The second-order valence-electron chi connectivity index (χ2n) is 5.77. The van der Waals surface area contributed by atoms with Gasteiger partial charge in [0.25, 0.3) is 0 Å². The van der Waals surface area contributed by atoms with Crippen LogP contribution in [0.2, 0.25) is 0 Å². The Kier molecular flexibility index (Phi) is 5.92. The molecule has 2 aromatic carbocycles. The molecule has 4 nitrogen and oxygen atoms in total. The third-order valence-electron chi connectivity index (χ3n) is 3.99. The first-order valence-electron chi connectivity index (χ1n) is 8.31. The Morgan fingerprint density at radius 3 is 2.46 bits per heavy atom. The Labute approximate surface area is 157 Å². The van der Waals surface area contributed by atoms with Gasteiger partial charge < -0.3 is 14.8 Å². The largest absolute Gasteiger partial charge is 0.493 e. The number of hydrogen-bond donors (Lipinski definition) is 1. The maximum atomic E-state index is 12.2. The molecule has 26 heavy (non-hydrogen) atoms. The Morgan fingerprint density at radius 1 is 0.962 bits per heavy atom. The molecule has 0 atom stereocenters. The van der Waals surface area contributed by atoms with Gasteiger partial charge in [0.15, 0.2) is 11.5 Å². The van der Waals surface area contributed by atoms with E-state index >= 15 is 0 Å². The maximum absolute atomic E-state index is 12.2. The smallest absolute Gasteiger partial charge is 0.224 e. The molecule has 0 saturated carbocycles. The van der Waals surface area contributed by atoms with E-state index in [4.69, 9.17) is 9.47 Å². The van der Waals surface area contributed by atoms with Crippen molar-refractivity contribution in [1.82, 2.24) is 5.32 Å². The van der Waals surface area contributed by atoms with Crippen LogP contribution in [0, 0.1) is 0 Å². The van der Waals surface area contributed by atoms with Crippen molar-refractivity contribution in [2.24, 2.45) is 0 Å². The van der Waals surface area contributed by atoms with Gasteiger partial charge in [-0.1, -0.05) is 36.4 Å². The highest BCUT2D eigenvalue weighted by Crippen LogP contribution is 2.28. The summed E-state index contributed by atoms with van der Waals surface area (Å²) >= 11 is 1.69. The Hall–Kier alpha value is -2.79. The zero-order valence-electron chi connectivity index (χ0n) is 14.8. The van der Waals surface area contributed by atoms with E-state index in [0.717, 1.165) is 10.4 Å². The Balaban J connectivity index is 1.57. The van der Waals surface area contributed by atoms with Crippen LogP contribution in [-0.4, -0.2) is 20.1 Å². The van der Waals surface area contributed by atoms with Crippen LogP contribution in [0.25, 0.3) is 10.4 Å². The number of carbonyl (C=O) groups is 1. The van der Waals surface area contributed by atoms with Gasteiger partial charge in [-0.3, -0.25) is 4.79 Å². The molecular formula is C21H21NO3S. The van der Waals surface area contributed by atoms with Crippen molar-refractivity contribution >= 4 is 17.2 Å². The van der Waals surface area contributed by atoms with Crippen molar-refractivity contribution in [3.8, 4) is 21.9 Å². The molecule has 1 N–H and O–H groups in total. The summed E-state index contributed by atoms with van der Waals surface area (Å²) < 4.78 is 10.5. The van der Waals surface area contributed by atoms with Crippen LogP contribution in [0.3, 0.4) is 0 Å². The van der Waals surface area contributed by atoms with Crippen LogP contribution in [-0.2, 0) is 17.8 Å². The first kappa shape index (κ1) is 18.0. The number of nitrogens with one attached hydrogen (secondary N) is 1. The summed E-state index contributed by atoms with van der Waals surface area (Å²) in [5.74, 6) is 1.26. The predicted molar refractivity (Wildman–Crippen MR) is 105 cm³/mol. The second-order valence-corrected chi connectivity index (χ2v) is 6.94. The van der Waals surface area contributed by atoms with E-state index in [9.17, 15) is 4.79 Å². The highest BCUT2D eigenvalue weighted by atomic mass is 32.1. The SMILES string of the molecule is COc1ccc(CC(=O)NCc2ccc(-c3ccccc3)s2)cc1OC. The minimum Gasteiger partial charge on any atom is -0.493 e. The summed E-state index contributed by atoms with van der Waals surface area (Å²) in [6, 6.07) is 19.9. The molecule has 0 aliphatic rings.